The van der Waals surface area contributed by atoms with E-state index in [4.69, 9.17) is 9.15 Å². The van der Waals surface area contributed by atoms with E-state index in [9.17, 15) is 0 Å². The number of benzene rings is 1. The van der Waals surface area contributed by atoms with E-state index in [2.05, 4.69) is 47.1 Å². The number of rotatable bonds is 3. The molecule has 0 amide bonds. The van der Waals surface area contributed by atoms with Crippen molar-refractivity contribution < 1.29 is 9.15 Å². The van der Waals surface area contributed by atoms with Crippen molar-refractivity contribution >= 4 is 0 Å². The van der Waals surface area contributed by atoms with Gasteiger partial charge in [0.25, 0.3) is 0 Å². The Labute approximate surface area is 124 Å². The lowest BCUT2D eigenvalue weighted by atomic mass is 10.0. The van der Waals surface area contributed by atoms with Gasteiger partial charge in [-0.2, -0.15) is 0 Å². The van der Waals surface area contributed by atoms with Crippen LogP contribution < -0.4 is 0 Å². The molecule has 112 valence electrons. The molecular formula is C16H21N3O2. The van der Waals surface area contributed by atoms with E-state index in [0.717, 1.165) is 19.6 Å². The monoisotopic (exact) mass is 287 g/mol. The number of aromatic nitrogens is 2. The molecule has 0 saturated carbocycles. The highest BCUT2D eigenvalue weighted by Crippen LogP contribution is 2.23. The summed E-state index contributed by atoms with van der Waals surface area (Å²) in [6.07, 6.45) is -0.120. The molecule has 1 atom stereocenters. The van der Waals surface area contributed by atoms with Gasteiger partial charge in [-0.25, -0.2) is 0 Å². The second-order valence-corrected chi connectivity index (χ2v) is 5.61. The summed E-state index contributed by atoms with van der Waals surface area (Å²) >= 11 is 0. The number of hydrogen-bond donors (Lipinski definition) is 0. The van der Waals surface area contributed by atoms with Gasteiger partial charge in [0.05, 0.1) is 6.61 Å². The molecule has 0 N–H and O–H groups in total. The predicted molar refractivity (Wildman–Crippen MR) is 78.9 cm³/mol. The zero-order chi connectivity index (χ0) is 14.8. The number of aryl methyl sites for hydroxylation is 2. The van der Waals surface area contributed by atoms with E-state index >= 15 is 0 Å². The lowest BCUT2D eigenvalue weighted by Crippen LogP contribution is -2.38. The Kier molecular flexibility index (Phi) is 4.03. The van der Waals surface area contributed by atoms with E-state index in [1.165, 1.54) is 16.7 Å². The van der Waals surface area contributed by atoms with Gasteiger partial charge in [-0.3, -0.25) is 4.90 Å². The minimum Gasteiger partial charge on any atom is -0.423 e. The molecule has 1 aromatic heterocycles. The summed E-state index contributed by atoms with van der Waals surface area (Å²) in [6, 6.07) is 6.47. The molecule has 5 nitrogen and oxygen atoms in total. The molecule has 0 bridgehead atoms. The van der Waals surface area contributed by atoms with Gasteiger partial charge in [-0.1, -0.05) is 18.2 Å². The average Bonchev–Trinajstić information content (AvgIpc) is 2.91. The number of morpholine rings is 1. The van der Waals surface area contributed by atoms with Crippen LogP contribution >= 0.6 is 0 Å². The first kappa shape index (κ1) is 14.2. The Bertz CT molecular complexity index is 624. The second kappa shape index (κ2) is 5.95. The summed E-state index contributed by atoms with van der Waals surface area (Å²) in [5.41, 5.74) is 4.08. The SMILES string of the molecule is Cc1nnc(C2CN(Cc3cccc(C)c3C)CCO2)o1. The molecule has 5 heteroatoms. The van der Waals surface area contributed by atoms with Crippen LogP contribution in [0.5, 0.6) is 0 Å². The molecule has 1 unspecified atom stereocenters. The van der Waals surface area contributed by atoms with Gasteiger partial charge in [-0.15, -0.1) is 10.2 Å². The van der Waals surface area contributed by atoms with E-state index in [1.807, 2.05) is 0 Å². The van der Waals surface area contributed by atoms with Gasteiger partial charge in [0.2, 0.25) is 11.8 Å². The number of hydrogen-bond acceptors (Lipinski definition) is 5. The fourth-order valence-electron chi connectivity index (χ4n) is 2.66. The number of ether oxygens (including phenoxy) is 1. The first-order chi connectivity index (χ1) is 10.1. The van der Waals surface area contributed by atoms with Gasteiger partial charge in [0.15, 0.2) is 0 Å². The van der Waals surface area contributed by atoms with Crippen LogP contribution in [0.3, 0.4) is 0 Å². The molecule has 0 radical (unpaired) electrons. The lowest BCUT2D eigenvalue weighted by Gasteiger charge is -2.31. The summed E-state index contributed by atoms with van der Waals surface area (Å²) in [4.78, 5) is 2.38. The molecule has 2 heterocycles. The lowest BCUT2D eigenvalue weighted by molar-refractivity contribution is -0.0457. The summed E-state index contributed by atoms with van der Waals surface area (Å²) < 4.78 is 11.3. The molecule has 0 spiro atoms. The highest BCUT2D eigenvalue weighted by atomic mass is 16.5. The largest absolute Gasteiger partial charge is 0.423 e. The molecule has 1 aliphatic rings. The molecule has 3 rings (SSSR count). The van der Waals surface area contributed by atoms with Crippen molar-refractivity contribution in [1.29, 1.82) is 0 Å². The highest BCUT2D eigenvalue weighted by molar-refractivity contribution is 5.33. The Balaban J connectivity index is 1.70. The zero-order valence-electron chi connectivity index (χ0n) is 12.8. The van der Waals surface area contributed by atoms with Crippen LogP contribution in [0.4, 0.5) is 0 Å². The molecule has 1 saturated heterocycles. The summed E-state index contributed by atoms with van der Waals surface area (Å²) in [5, 5.41) is 7.96. The molecule has 21 heavy (non-hydrogen) atoms. The third kappa shape index (κ3) is 3.14. The molecule has 1 aromatic carbocycles. The van der Waals surface area contributed by atoms with Crippen LogP contribution in [-0.4, -0.2) is 34.8 Å². The van der Waals surface area contributed by atoms with Crippen molar-refractivity contribution in [2.24, 2.45) is 0 Å². The van der Waals surface area contributed by atoms with Crippen molar-refractivity contribution in [1.82, 2.24) is 15.1 Å². The highest BCUT2D eigenvalue weighted by Gasteiger charge is 2.26. The maximum atomic E-state index is 5.76. The maximum absolute atomic E-state index is 5.76. The summed E-state index contributed by atoms with van der Waals surface area (Å²) in [6.45, 7) is 9.47. The Morgan fingerprint density at radius 1 is 1.24 bits per heavy atom. The summed E-state index contributed by atoms with van der Waals surface area (Å²) in [7, 11) is 0. The Morgan fingerprint density at radius 3 is 2.86 bits per heavy atom. The minimum absolute atomic E-state index is 0.120. The van der Waals surface area contributed by atoms with Gasteiger partial charge in [-0.05, 0) is 30.5 Å². The standard InChI is InChI=1S/C16H21N3O2/c1-11-5-4-6-14(12(11)2)9-19-7-8-20-15(10-19)16-18-17-13(3)21-16/h4-6,15H,7-10H2,1-3H3. The van der Waals surface area contributed by atoms with Crippen LogP contribution in [0.2, 0.25) is 0 Å². The minimum atomic E-state index is -0.120. The fourth-order valence-corrected chi connectivity index (χ4v) is 2.66. The van der Waals surface area contributed by atoms with E-state index in [-0.39, 0.29) is 6.10 Å². The Morgan fingerprint density at radius 2 is 2.10 bits per heavy atom. The Hall–Kier alpha value is -1.72. The van der Waals surface area contributed by atoms with Crippen LogP contribution in [0.1, 0.15) is 34.6 Å². The van der Waals surface area contributed by atoms with Crippen molar-refractivity contribution in [3.8, 4) is 0 Å². The van der Waals surface area contributed by atoms with Gasteiger partial charge in [0.1, 0.15) is 6.10 Å². The van der Waals surface area contributed by atoms with Crippen molar-refractivity contribution in [2.75, 3.05) is 19.7 Å². The molecular weight excluding hydrogens is 266 g/mol. The smallest absolute Gasteiger partial charge is 0.246 e. The van der Waals surface area contributed by atoms with Crippen LogP contribution in [0.25, 0.3) is 0 Å². The first-order valence-electron chi connectivity index (χ1n) is 7.32. The van der Waals surface area contributed by atoms with E-state index < -0.39 is 0 Å². The number of nitrogens with zero attached hydrogens (tertiary/aromatic N) is 3. The quantitative estimate of drug-likeness (QED) is 0.868. The fraction of sp³-hybridized carbons (Fsp3) is 0.500. The van der Waals surface area contributed by atoms with E-state index in [0.29, 0.717) is 18.4 Å². The van der Waals surface area contributed by atoms with Crippen molar-refractivity contribution in [3.05, 3.63) is 46.7 Å². The van der Waals surface area contributed by atoms with Gasteiger partial charge >= 0.3 is 0 Å². The van der Waals surface area contributed by atoms with Crippen LogP contribution in [0, 0.1) is 20.8 Å². The van der Waals surface area contributed by atoms with Crippen LogP contribution in [0.15, 0.2) is 22.6 Å². The van der Waals surface area contributed by atoms with Gasteiger partial charge < -0.3 is 9.15 Å². The normalized spacial score (nSPS) is 19.9. The second-order valence-electron chi connectivity index (χ2n) is 5.61. The van der Waals surface area contributed by atoms with Crippen LogP contribution in [-0.2, 0) is 11.3 Å². The van der Waals surface area contributed by atoms with E-state index in [1.54, 1.807) is 6.92 Å². The first-order valence-corrected chi connectivity index (χ1v) is 7.32. The molecule has 2 aromatic rings. The third-order valence-corrected chi connectivity index (χ3v) is 4.08. The molecule has 0 aliphatic carbocycles. The molecule has 1 aliphatic heterocycles. The van der Waals surface area contributed by atoms with Gasteiger partial charge in [0, 0.05) is 26.6 Å². The third-order valence-electron chi connectivity index (χ3n) is 4.08. The average molecular weight is 287 g/mol. The topological polar surface area (TPSA) is 51.4 Å². The zero-order valence-corrected chi connectivity index (χ0v) is 12.8. The van der Waals surface area contributed by atoms with Crippen molar-refractivity contribution in [3.63, 3.8) is 0 Å². The predicted octanol–water partition coefficient (Wildman–Crippen LogP) is 2.57. The molecule has 1 fully saturated rings. The summed E-state index contributed by atoms with van der Waals surface area (Å²) in [5.74, 6) is 1.17. The van der Waals surface area contributed by atoms with Crippen molar-refractivity contribution in [2.45, 2.75) is 33.4 Å². The maximum Gasteiger partial charge on any atom is 0.246 e.